The Morgan fingerprint density at radius 1 is 1.31 bits per heavy atom. The van der Waals surface area contributed by atoms with E-state index in [1.807, 2.05) is 6.07 Å². The fourth-order valence-electron chi connectivity index (χ4n) is 0.966. The van der Waals surface area contributed by atoms with Crippen LogP contribution in [0.4, 0.5) is 0 Å². The van der Waals surface area contributed by atoms with Crippen LogP contribution in [0, 0.1) is 0 Å². The smallest absolute Gasteiger partial charge is 0.262 e. The Labute approximate surface area is 76.1 Å². The first-order valence-corrected chi connectivity index (χ1v) is 3.82. The van der Waals surface area contributed by atoms with Crippen LogP contribution in [-0.2, 0) is 9.59 Å². The Balaban J connectivity index is 3.07. The molecule has 0 bridgehead atoms. The van der Waals surface area contributed by atoms with Crippen LogP contribution in [0.1, 0.15) is 5.56 Å². The van der Waals surface area contributed by atoms with Gasteiger partial charge in [0.15, 0.2) is 0 Å². The Hall–Kier alpha value is -1.86. The molecule has 66 valence electrons. The molecule has 13 heavy (non-hydrogen) atoms. The van der Waals surface area contributed by atoms with Gasteiger partial charge in [-0.05, 0) is 5.56 Å². The summed E-state index contributed by atoms with van der Waals surface area (Å²) in [7, 11) is 1.47. The maximum atomic E-state index is 11.1. The highest BCUT2D eigenvalue weighted by atomic mass is 16.2. The van der Waals surface area contributed by atoms with Crippen LogP contribution in [0.25, 0.3) is 5.57 Å². The lowest BCUT2D eigenvalue weighted by atomic mass is 10.1. The normalized spacial score (nSPS) is 8.69. The van der Waals surface area contributed by atoms with Crippen molar-refractivity contribution in [3.63, 3.8) is 0 Å². The molecular formula is C10H9NO2. The van der Waals surface area contributed by atoms with Crippen molar-refractivity contribution in [2.75, 3.05) is 7.05 Å². The molecule has 0 aromatic heterocycles. The summed E-state index contributed by atoms with van der Waals surface area (Å²) in [4.78, 5) is 21.6. The average molecular weight is 175 g/mol. The minimum Gasteiger partial charge on any atom is -0.354 e. The number of rotatable bonds is 2. The summed E-state index contributed by atoms with van der Waals surface area (Å²) in [6, 6.07) is 8.71. The second-order valence-electron chi connectivity index (χ2n) is 2.42. The van der Waals surface area contributed by atoms with E-state index in [0.717, 1.165) is 0 Å². The van der Waals surface area contributed by atoms with E-state index in [2.05, 4.69) is 5.32 Å². The second kappa shape index (κ2) is 4.24. The van der Waals surface area contributed by atoms with Crippen LogP contribution in [0.5, 0.6) is 0 Å². The Morgan fingerprint density at radius 2 is 1.92 bits per heavy atom. The molecule has 1 aromatic rings. The van der Waals surface area contributed by atoms with Crippen LogP contribution in [0.2, 0.25) is 0 Å². The summed E-state index contributed by atoms with van der Waals surface area (Å²) < 4.78 is 0. The first kappa shape index (κ1) is 9.23. The van der Waals surface area contributed by atoms with E-state index in [4.69, 9.17) is 0 Å². The molecule has 1 rings (SSSR count). The van der Waals surface area contributed by atoms with Crippen molar-refractivity contribution in [2.45, 2.75) is 0 Å². The van der Waals surface area contributed by atoms with Crippen molar-refractivity contribution < 1.29 is 9.59 Å². The Morgan fingerprint density at radius 3 is 2.38 bits per heavy atom. The quantitative estimate of drug-likeness (QED) is 0.529. The zero-order chi connectivity index (χ0) is 9.68. The maximum absolute atomic E-state index is 11.1. The van der Waals surface area contributed by atoms with Crippen molar-refractivity contribution in [3.05, 3.63) is 35.9 Å². The molecule has 1 N–H and O–H groups in total. The molecule has 0 saturated heterocycles. The second-order valence-corrected chi connectivity index (χ2v) is 2.42. The van der Waals surface area contributed by atoms with Gasteiger partial charge in [-0.2, -0.15) is 0 Å². The zero-order valence-corrected chi connectivity index (χ0v) is 7.20. The molecule has 3 heteroatoms. The van der Waals surface area contributed by atoms with Crippen molar-refractivity contribution in [2.24, 2.45) is 0 Å². The van der Waals surface area contributed by atoms with Gasteiger partial charge >= 0.3 is 0 Å². The molecular weight excluding hydrogens is 166 g/mol. The van der Waals surface area contributed by atoms with E-state index >= 15 is 0 Å². The number of hydrogen-bond acceptors (Lipinski definition) is 2. The fraction of sp³-hybridized carbons (Fsp3) is 0.100. The van der Waals surface area contributed by atoms with Crippen LogP contribution in [0.3, 0.4) is 0 Å². The van der Waals surface area contributed by atoms with Gasteiger partial charge in [-0.15, -0.1) is 0 Å². The zero-order valence-electron chi connectivity index (χ0n) is 7.20. The number of carbonyl (C=O) groups is 1. The van der Waals surface area contributed by atoms with E-state index in [9.17, 15) is 9.59 Å². The molecule has 1 amide bonds. The van der Waals surface area contributed by atoms with E-state index in [1.165, 1.54) is 7.05 Å². The number of hydrogen-bond donors (Lipinski definition) is 1. The molecule has 1 aromatic carbocycles. The van der Waals surface area contributed by atoms with Crippen molar-refractivity contribution in [3.8, 4) is 0 Å². The SMILES string of the molecule is CNC(=O)C(=C=O)c1ccccc1. The minimum atomic E-state index is -0.416. The summed E-state index contributed by atoms with van der Waals surface area (Å²) in [6.07, 6.45) is 0. The molecule has 0 heterocycles. The molecule has 0 unspecified atom stereocenters. The van der Waals surface area contributed by atoms with Gasteiger partial charge in [-0.1, -0.05) is 30.3 Å². The van der Waals surface area contributed by atoms with Gasteiger partial charge in [-0.25, -0.2) is 4.79 Å². The Bertz CT molecular complexity index is 350. The van der Waals surface area contributed by atoms with Crippen LogP contribution < -0.4 is 5.32 Å². The Kier molecular flexibility index (Phi) is 3.01. The topological polar surface area (TPSA) is 46.2 Å². The van der Waals surface area contributed by atoms with Gasteiger partial charge < -0.3 is 5.32 Å². The number of carbonyl (C=O) groups excluding carboxylic acids is 2. The predicted octanol–water partition coefficient (Wildman–Crippen LogP) is 0.648. The third-order valence-corrected chi connectivity index (χ3v) is 1.62. The highest BCUT2D eigenvalue weighted by Crippen LogP contribution is 2.09. The molecule has 0 fully saturated rings. The summed E-state index contributed by atoms with van der Waals surface area (Å²) in [5.74, 6) is 1.21. The number of likely N-dealkylation sites (N-methyl/N-ethyl adjacent to an activating group) is 1. The first-order chi connectivity index (χ1) is 6.29. The van der Waals surface area contributed by atoms with Gasteiger partial charge in [-0.3, -0.25) is 4.79 Å². The number of benzene rings is 1. The van der Waals surface area contributed by atoms with Crippen LogP contribution in [0.15, 0.2) is 30.3 Å². The largest absolute Gasteiger partial charge is 0.354 e. The summed E-state index contributed by atoms with van der Waals surface area (Å²) in [5, 5.41) is 2.38. The molecule has 0 spiro atoms. The average Bonchev–Trinajstić information content (AvgIpc) is 2.20. The molecule has 3 nitrogen and oxygen atoms in total. The lowest BCUT2D eigenvalue weighted by Crippen LogP contribution is -2.19. The van der Waals surface area contributed by atoms with E-state index in [0.29, 0.717) is 5.56 Å². The molecule has 0 radical (unpaired) electrons. The number of nitrogens with one attached hydrogen (secondary N) is 1. The monoisotopic (exact) mass is 175 g/mol. The third kappa shape index (κ3) is 2.04. The molecule has 0 atom stereocenters. The summed E-state index contributed by atoms with van der Waals surface area (Å²) in [6.45, 7) is 0. The van der Waals surface area contributed by atoms with Gasteiger partial charge in [0, 0.05) is 7.05 Å². The van der Waals surface area contributed by atoms with Gasteiger partial charge in [0.25, 0.3) is 5.91 Å². The highest BCUT2D eigenvalue weighted by molar-refractivity contribution is 6.27. The summed E-state index contributed by atoms with van der Waals surface area (Å²) in [5.41, 5.74) is 0.611. The van der Waals surface area contributed by atoms with E-state index in [-0.39, 0.29) is 5.57 Å². The first-order valence-electron chi connectivity index (χ1n) is 3.82. The highest BCUT2D eigenvalue weighted by Gasteiger charge is 2.09. The molecule has 0 aliphatic rings. The molecule has 0 saturated carbocycles. The lowest BCUT2D eigenvalue weighted by Gasteiger charge is -2.00. The van der Waals surface area contributed by atoms with Crippen LogP contribution >= 0.6 is 0 Å². The third-order valence-electron chi connectivity index (χ3n) is 1.62. The van der Waals surface area contributed by atoms with E-state index < -0.39 is 5.91 Å². The predicted molar refractivity (Wildman–Crippen MR) is 49.6 cm³/mol. The minimum absolute atomic E-state index is 0.0306. The van der Waals surface area contributed by atoms with Crippen LogP contribution in [-0.4, -0.2) is 18.9 Å². The van der Waals surface area contributed by atoms with Gasteiger partial charge in [0.05, 0.1) is 0 Å². The molecule has 0 aliphatic heterocycles. The van der Waals surface area contributed by atoms with Gasteiger partial charge in [0.1, 0.15) is 11.5 Å². The molecule has 0 aliphatic carbocycles. The maximum Gasteiger partial charge on any atom is 0.262 e. The number of amides is 1. The fourth-order valence-corrected chi connectivity index (χ4v) is 0.966. The van der Waals surface area contributed by atoms with Crippen molar-refractivity contribution in [1.29, 1.82) is 0 Å². The van der Waals surface area contributed by atoms with Crippen molar-refractivity contribution >= 4 is 17.4 Å². The van der Waals surface area contributed by atoms with E-state index in [1.54, 1.807) is 30.2 Å². The van der Waals surface area contributed by atoms with Crippen molar-refractivity contribution in [1.82, 2.24) is 5.32 Å². The lowest BCUT2D eigenvalue weighted by molar-refractivity contribution is -0.115. The summed E-state index contributed by atoms with van der Waals surface area (Å²) >= 11 is 0. The van der Waals surface area contributed by atoms with Gasteiger partial charge in [0.2, 0.25) is 0 Å². The standard InChI is InChI=1S/C10H9NO2/c1-11-10(13)9(7-12)8-5-3-2-4-6-8/h2-6H,1H3,(H,11,13).